The first kappa shape index (κ1) is 31.1. The largest absolute Gasteiger partial charge is 0.497 e. The molecule has 10 nitrogen and oxygen atoms in total. The molecule has 2 aromatic heterocycles. The van der Waals surface area contributed by atoms with Crippen LogP contribution in [0.4, 0.5) is 11.6 Å². The van der Waals surface area contributed by atoms with E-state index in [2.05, 4.69) is 10.3 Å². The molecule has 0 spiro atoms. The molecule has 0 radical (unpaired) electrons. The number of halogens is 2. The second-order valence-corrected chi connectivity index (χ2v) is 11.2. The zero-order chi connectivity index (χ0) is 31.5. The van der Waals surface area contributed by atoms with E-state index in [1.54, 1.807) is 76.4 Å². The van der Waals surface area contributed by atoms with Gasteiger partial charge in [0, 0.05) is 16.8 Å². The minimum Gasteiger partial charge on any atom is -0.497 e. The predicted octanol–water partition coefficient (Wildman–Crippen LogP) is 5.63. The molecule has 13 heteroatoms. The van der Waals surface area contributed by atoms with Crippen LogP contribution in [0.2, 0.25) is 10.0 Å². The summed E-state index contributed by atoms with van der Waals surface area (Å²) < 4.78 is 23.5. The third kappa shape index (κ3) is 6.03. The Hall–Kier alpha value is -4.32. The van der Waals surface area contributed by atoms with Crippen molar-refractivity contribution in [2.75, 3.05) is 25.6 Å². The number of nitrogens with one attached hydrogen (secondary N) is 1. The van der Waals surface area contributed by atoms with Crippen LogP contribution in [0.15, 0.2) is 74.0 Å². The van der Waals surface area contributed by atoms with Crippen LogP contribution in [-0.4, -0.2) is 36.8 Å². The van der Waals surface area contributed by atoms with E-state index >= 15 is 0 Å². The normalized spacial score (nSPS) is 14.6. The molecule has 0 bridgehead atoms. The number of carbonyl (C=O) groups is 2. The van der Waals surface area contributed by atoms with Crippen molar-refractivity contribution in [2.24, 2.45) is 4.99 Å². The van der Waals surface area contributed by atoms with Gasteiger partial charge in [-0.2, -0.15) is 0 Å². The number of hydrogen-bond acceptors (Lipinski definition) is 10. The Morgan fingerprint density at radius 1 is 1.09 bits per heavy atom. The van der Waals surface area contributed by atoms with E-state index < -0.39 is 23.5 Å². The average Bonchev–Trinajstić information content (AvgIpc) is 3.47. The molecular weight excluding hydrogens is 629 g/mol. The number of fused-ring (bicyclic) bond motifs is 1. The third-order valence-electron chi connectivity index (χ3n) is 6.65. The highest BCUT2D eigenvalue weighted by molar-refractivity contribution is 7.07. The summed E-state index contributed by atoms with van der Waals surface area (Å²) in [5, 5.41) is 3.43. The van der Waals surface area contributed by atoms with Crippen molar-refractivity contribution in [1.29, 1.82) is 0 Å². The number of esters is 2. The number of anilines is 2. The Kier molecular flexibility index (Phi) is 9.28. The quantitative estimate of drug-likeness (QED) is 0.230. The Morgan fingerprint density at radius 3 is 2.45 bits per heavy atom. The Balaban J connectivity index is 1.67. The van der Waals surface area contributed by atoms with Crippen molar-refractivity contribution in [3.63, 3.8) is 0 Å². The first-order chi connectivity index (χ1) is 21.2. The first-order valence-corrected chi connectivity index (χ1v) is 15.1. The Bertz CT molecular complexity index is 1960. The molecule has 0 amide bonds. The second kappa shape index (κ2) is 13.1. The van der Waals surface area contributed by atoms with Crippen LogP contribution in [0.1, 0.15) is 48.5 Å². The first-order valence-electron chi connectivity index (χ1n) is 13.5. The molecule has 1 N–H and O–H groups in total. The zero-order valence-electron chi connectivity index (χ0n) is 24.1. The summed E-state index contributed by atoms with van der Waals surface area (Å²) in [7, 11) is 1.55. The molecular formula is C31H27Cl2N3O7S. The van der Waals surface area contributed by atoms with Gasteiger partial charge in [0.15, 0.2) is 10.6 Å². The summed E-state index contributed by atoms with van der Waals surface area (Å²) in [6.07, 6.45) is 1.44. The van der Waals surface area contributed by atoms with Gasteiger partial charge in [0.2, 0.25) is 5.88 Å². The van der Waals surface area contributed by atoms with Gasteiger partial charge < -0.3 is 23.9 Å². The lowest BCUT2D eigenvalue weighted by Gasteiger charge is -2.24. The van der Waals surface area contributed by atoms with E-state index in [9.17, 15) is 14.4 Å². The lowest BCUT2D eigenvalue weighted by atomic mass is 9.96. The maximum Gasteiger partial charge on any atom is 0.345 e. The van der Waals surface area contributed by atoms with Crippen molar-refractivity contribution < 1.29 is 28.2 Å². The van der Waals surface area contributed by atoms with E-state index in [-0.39, 0.29) is 45.5 Å². The van der Waals surface area contributed by atoms with E-state index in [1.165, 1.54) is 10.6 Å². The van der Waals surface area contributed by atoms with Gasteiger partial charge in [-0.05, 0) is 56.7 Å². The summed E-state index contributed by atoms with van der Waals surface area (Å²) >= 11 is 13.9. The standard InChI is InChI=1S/C31H27Cl2N3O7S/c1-5-41-29(38)23-16(3)34-31-36(26(23)17-10-12-20(40-4)13-11-17)28(37)22(44-31)15-21-25(33)24(30(39)42-6-2)27(43-21)35-19-9-7-8-18(32)14-19/h7-15,26,35H,5-6H2,1-4H3/b22-15-/t26-/m1/s1. The number of allylic oxidation sites excluding steroid dienone is 1. The van der Waals surface area contributed by atoms with Crippen molar-refractivity contribution in [1.82, 2.24) is 4.57 Å². The highest BCUT2D eigenvalue weighted by Crippen LogP contribution is 2.36. The van der Waals surface area contributed by atoms with Gasteiger partial charge in [0.25, 0.3) is 5.56 Å². The van der Waals surface area contributed by atoms with Crippen LogP contribution in [0.5, 0.6) is 5.75 Å². The zero-order valence-corrected chi connectivity index (χ0v) is 26.4. The number of benzene rings is 2. The summed E-state index contributed by atoms with van der Waals surface area (Å²) in [6.45, 7) is 5.34. The van der Waals surface area contributed by atoms with E-state index in [0.717, 1.165) is 11.3 Å². The topological polar surface area (TPSA) is 121 Å². The number of ether oxygens (including phenoxy) is 3. The predicted molar refractivity (Wildman–Crippen MR) is 168 cm³/mol. The number of rotatable bonds is 9. The maximum atomic E-state index is 14.0. The number of methoxy groups -OCH3 is 1. The van der Waals surface area contributed by atoms with Gasteiger partial charge in [-0.1, -0.05) is 52.7 Å². The van der Waals surface area contributed by atoms with Gasteiger partial charge in [0.05, 0.1) is 42.2 Å². The molecule has 0 aliphatic carbocycles. The van der Waals surface area contributed by atoms with E-state index in [1.807, 2.05) is 0 Å². The van der Waals surface area contributed by atoms with Gasteiger partial charge in [0.1, 0.15) is 16.3 Å². The molecule has 44 heavy (non-hydrogen) atoms. The van der Waals surface area contributed by atoms with Gasteiger partial charge in [-0.15, -0.1) is 0 Å². The van der Waals surface area contributed by atoms with Crippen molar-refractivity contribution in [3.05, 3.63) is 106 Å². The number of carbonyl (C=O) groups excluding carboxylic acids is 2. The number of aromatic nitrogens is 1. The molecule has 1 aliphatic rings. The van der Waals surface area contributed by atoms with Crippen LogP contribution in [0, 0.1) is 0 Å². The summed E-state index contributed by atoms with van der Waals surface area (Å²) in [4.78, 5) is 45.0. The smallest absolute Gasteiger partial charge is 0.345 e. The fourth-order valence-corrected chi connectivity index (χ4v) is 6.17. The Labute approximate surface area is 265 Å². The van der Waals surface area contributed by atoms with Crippen LogP contribution in [0.25, 0.3) is 6.08 Å². The van der Waals surface area contributed by atoms with Crippen molar-refractivity contribution in [2.45, 2.75) is 26.8 Å². The van der Waals surface area contributed by atoms with Crippen LogP contribution in [-0.2, 0) is 14.3 Å². The molecule has 2 aromatic carbocycles. The minimum atomic E-state index is -0.819. The molecule has 0 saturated heterocycles. The SMILES string of the molecule is CCOC(=O)C1=C(C)N=c2s/c(=C\c3oc(Nc4cccc(Cl)c4)c(C(=O)OCC)c3Cl)c(=O)n2[C@@H]1c1ccc(OC)cc1. The Morgan fingerprint density at radius 2 is 1.80 bits per heavy atom. The molecule has 228 valence electrons. The van der Waals surface area contributed by atoms with Crippen molar-refractivity contribution in [3.8, 4) is 5.75 Å². The lowest BCUT2D eigenvalue weighted by Crippen LogP contribution is -2.39. The third-order valence-corrected chi connectivity index (χ3v) is 8.24. The summed E-state index contributed by atoms with van der Waals surface area (Å²) in [5.74, 6) is -0.598. The fourth-order valence-electron chi connectivity index (χ4n) is 4.70. The fraction of sp³-hybridized carbons (Fsp3) is 0.226. The van der Waals surface area contributed by atoms with Crippen molar-refractivity contribution >= 4 is 64.1 Å². The van der Waals surface area contributed by atoms with Gasteiger partial charge >= 0.3 is 11.9 Å². The highest BCUT2D eigenvalue weighted by atomic mass is 35.5. The summed E-state index contributed by atoms with van der Waals surface area (Å²) in [5.41, 5.74) is 1.38. The van der Waals surface area contributed by atoms with Crippen LogP contribution < -0.4 is 24.9 Å². The molecule has 0 saturated carbocycles. The molecule has 4 aromatic rings. The average molecular weight is 657 g/mol. The molecule has 0 unspecified atom stereocenters. The van der Waals surface area contributed by atoms with E-state index in [0.29, 0.717) is 32.5 Å². The number of furan rings is 1. The number of nitrogens with zero attached hydrogens (tertiary/aromatic N) is 2. The van der Waals surface area contributed by atoms with Gasteiger partial charge in [-0.25, -0.2) is 14.6 Å². The minimum absolute atomic E-state index is 0.0197. The van der Waals surface area contributed by atoms with Crippen LogP contribution in [0.3, 0.4) is 0 Å². The molecule has 3 heterocycles. The molecule has 1 aliphatic heterocycles. The highest BCUT2D eigenvalue weighted by Gasteiger charge is 2.34. The number of thiazole rings is 1. The van der Waals surface area contributed by atoms with Gasteiger partial charge in [-0.3, -0.25) is 9.36 Å². The molecule has 5 rings (SSSR count). The molecule has 0 fully saturated rings. The van der Waals surface area contributed by atoms with Crippen LogP contribution >= 0.6 is 34.5 Å². The number of hydrogen-bond donors (Lipinski definition) is 1. The monoisotopic (exact) mass is 655 g/mol. The van der Waals surface area contributed by atoms with E-state index in [4.69, 9.17) is 41.8 Å². The lowest BCUT2D eigenvalue weighted by molar-refractivity contribution is -0.139. The molecule has 1 atom stereocenters. The maximum absolute atomic E-state index is 14.0. The second-order valence-electron chi connectivity index (χ2n) is 9.42. The summed E-state index contributed by atoms with van der Waals surface area (Å²) in [6, 6.07) is 13.0.